The Morgan fingerprint density at radius 3 is 2.33 bits per heavy atom. The van der Waals surface area contributed by atoms with Crippen LogP contribution in [0.4, 0.5) is 5.13 Å². The Kier molecular flexibility index (Phi) is 7.02. The molecule has 4 rings (SSSR count). The highest BCUT2D eigenvalue weighted by molar-refractivity contribution is 7.89. The minimum Gasteiger partial charge on any atom is -0.298 e. The zero-order chi connectivity index (χ0) is 23.4. The standard InChI is InChI=1S/C24H25N3O4S2/c1-17(28)22-21(18-10-5-4-6-11-18)25-24(32-22)26-23(29)19-12-9-13-20(16-19)33(30,31)27-14-7-2-3-8-15-27/h4-6,9-13,16H,2-3,7-8,14-15H2,1H3,(H,25,26,29). The summed E-state index contributed by atoms with van der Waals surface area (Å²) in [6.45, 7) is 2.45. The van der Waals surface area contributed by atoms with Gasteiger partial charge in [-0.1, -0.05) is 60.6 Å². The molecular weight excluding hydrogens is 458 g/mol. The molecule has 2 heterocycles. The van der Waals surface area contributed by atoms with Gasteiger partial charge in [-0.15, -0.1) is 0 Å². The van der Waals surface area contributed by atoms with Gasteiger partial charge in [0.1, 0.15) is 0 Å². The third-order valence-corrected chi connectivity index (χ3v) is 8.48. The van der Waals surface area contributed by atoms with Crippen LogP contribution in [0.5, 0.6) is 0 Å². The molecule has 0 bridgehead atoms. The van der Waals surface area contributed by atoms with Crippen molar-refractivity contribution < 1.29 is 18.0 Å². The van der Waals surface area contributed by atoms with Crippen LogP contribution >= 0.6 is 11.3 Å². The molecule has 0 aliphatic carbocycles. The van der Waals surface area contributed by atoms with Crippen LogP contribution in [-0.4, -0.2) is 42.5 Å². The maximum absolute atomic E-state index is 13.1. The summed E-state index contributed by atoms with van der Waals surface area (Å²) in [5.41, 5.74) is 1.51. The number of anilines is 1. The first-order valence-electron chi connectivity index (χ1n) is 10.8. The summed E-state index contributed by atoms with van der Waals surface area (Å²) in [6, 6.07) is 15.3. The van der Waals surface area contributed by atoms with E-state index < -0.39 is 15.9 Å². The van der Waals surface area contributed by atoms with Crippen LogP contribution in [-0.2, 0) is 10.0 Å². The highest BCUT2D eigenvalue weighted by Crippen LogP contribution is 2.32. The summed E-state index contributed by atoms with van der Waals surface area (Å²) in [5, 5.41) is 3.00. The Morgan fingerprint density at radius 2 is 1.67 bits per heavy atom. The van der Waals surface area contributed by atoms with E-state index in [4.69, 9.17) is 0 Å². The monoisotopic (exact) mass is 483 g/mol. The Bertz CT molecular complexity index is 1260. The van der Waals surface area contributed by atoms with E-state index in [-0.39, 0.29) is 21.4 Å². The van der Waals surface area contributed by atoms with Crippen molar-refractivity contribution in [3.8, 4) is 11.3 Å². The summed E-state index contributed by atoms with van der Waals surface area (Å²) >= 11 is 1.10. The normalized spacial score (nSPS) is 15.1. The van der Waals surface area contributed by atoms with E-state index in [1.807, 2.05) is 30.3 Å². The van der Waals surface area contributed by atoms with Crippen molar-refractivity contribution in [2.45, 2.75) is 37.5 Å². The number of hydrogen-bond donors (Lipinski definition) is 1. The van der Waals surface area contributed by atoms with E-state index in [1.54, 1.807) is 12.1 Å². The van der Waals surface area contributed by atoms with Gasteiger partial charge in [-0.25, -0.2) is 13.4 Å². The molecule has 1 aliphatic heterocycles. The number of thiazole rings is 1. The maximum Gasteiger partial charge on any atom is 0.257 e. The van der Waals surface area contributed by atoms with Crippen molar-refractivity contribution in [1.29, 1.82) is 0 Å². The number of rotatable bonds is 6. The first-order valence-corrected chi connectivity index (χ1v) is 13.1. The Morgan fingerprint density at radius 1 is 0.970 bits per heavy atom. The van der Waals surface area contributed by atoms with E-state index >= 15 is 0 Å². The fourth-order valence-electron chi connectivity index (χ4n) is 3.80. The molecule has 2 aromatic carbocycles. The molecule has 0 atom stereocenters. The SMILES string of the molecule is CC(=O)c1sc(NC(=O)c2cccc(S(=O)(=O)N3CCCCCC3)c2)nc1-c1ccccc1. The number of carbonyl (C=O) groups excluding carboxylic acids is 2. The molecule has 172 valence electrons. The Labute approximate surface area is 197 Å². The van der Waals surface area contributed by atoms with Gasteiger partial charge in [-0.3, -0.25) is 14.9 Å². The molecule has 9 heteroatoms. The smallest absolute Gasteiger partial charge is 0.257 e. The number of nitrogens with one attached hydrogen (secondary N) is 1. The van der Waals surface area contributed by atoms with Crippen LogP contribution in [0.15, 0.2) is 59.5 Å². The zero-order valence-corrected chi connectivity index (χ0v) is 19.9. The fraction of sp³-hybridized carbons (Fsp3) is 0.292. The number of benzene rings is 2. The average molecular weight is 484 g/mol. The Hall–Kier alpha value is -2.88. The molecule has 1 fully saturated rings. The summed E-state index contributed by atoms with van der Waals surface area (Å²) < 4.78 is 27.7. The third kappa shape index (κ3) is 5.21. The number of carbonyl (C=O) groups is 2. The van der Waals surface area contributed by atoms with Crippen molar-refractivity contribution in [1.82, 2.24) is 9.29 Å². The van der Waals surface area contributed by atoms with Crippen molar-refractivity contribution in [2.75, 3.05) is 18.4 Å². The highest BCUT2D eigenvalue weighted by atomic mass is 32.2. The van der Waals surface area contributed by atoms with E-state index in [1.165, 1.54) is 23.4 Å². The van der Waals surface area contributed by atoms with E-state index in [0.29, 0.717) is 23.7 Å². The van der Waals surface area contributed by atoms with Crippen molar-refractivity contribution in [3.63, 3.8) is 0 Å². The van der Waals surface area contributed by atoms with Crippen LogP contribution in [0, 0.1) is 0 Å². The van der Waals surface area contributed by atoms with Gasteiger partial charge in [0, 0.05) is 31.1 Å². The second-order valence-electron chi connectivity index (χ2n) is 7.92. The number of Topliss-reactive ketones (excluding diaryl/α,β-unsaturated/α-hetero) is 1. The molecule has 33 heavy (non-hydrogen) atoms. The number of amides is 1. The van der Waals surface area contributed by atoms with Crippen LogP contribution in [0.25, 0.3) is 11.3 Å². The van der Waals surface area contributed by atoms with Gasteiger partial charge in [-0.2, -0.15) is 4.31 Å². The van der Waals surface area contributed by atoms with Crippen molar-refractivity contribution in [2.24, 2.45) is 0 Å². The second-order valence-corrected chi connectivity index (χ2v) is 10.9. The number of ketones is 1. The molecule has 1 aromatic heterocycles. The largest absolute Gasteiger partial charge is 0.298 e. The lowest BCUT2D eigenvalue weighted by Crippen LogP contribution is -2.32. The topological polar surface area (TPSA) is 96.4 Å². The third-order valence-electron chi connectivity index (χ3n) is 5.51. The second kappa shape index (κ2) is 9.94. The Balaban J connectivity index is 1.58. The molecule has 0 spiro atoms. The first kappa shape index (κ1) is 23.3. The predicted molar refractivity (Wildman–Crippen MR) is 129 cm³/mol. The fourth-order valence-corrected chi connectivity index (χ4v) is 6.24. The summed E-state index contributed by atoms with van der Waals surface area (Å²) in [5.74, 6) is -0.622. The minimum absolute atomic E-state index is 0.102. The quantitative estimate of drug-likeness (QED) is 0.507. The van der Waals surface area contributed by atoms with Crippen LogP contribution in [0.1, 0.15) is 52.6 Å². The molecule has 0 saturated carbocycles. The number of sulfonamides is 1. The maximum atomic E-state index is 13.1. The van der Waals surface area contributed by atoms with Gasteiger partial charge in [0.2, 0.25) is 10.0 Å². The lowest BCUT2D eigenvalue weighted by molar-refractivity contribution is 0.101. The van der Waals surface area contributed by atoms with E-state index in [2.05, 4.69) is 10.3 Å². The minimum atomic E-state index is -3.67. The lowest BCUT2D eigenvalue weighted by atomic mass is 10.1. The molecule has 0 radical (unpaired) electrons. The van der Waals surface area contributed by atoms with Gasteiger partial charge >= 0.3 is 0 Å². The first-order chi connectivity index (χ1) is 15.9. The van der Waals surface area contributed by atoms with Crippen LogP contribution in [0.2, 0.25) is 0 Å². The zero-order valence-electron chi connectivity index (χ0n) is 18.3. The molecule has 0 unspecified atom stereocenters. The van der Waals surface area contributed by atoms with Gasteiger partial charge in [0.15, 0.2) is 10.9 Å². The van der Waals surface area contributed by atoms with E-state index in [0.717, 1.165) is 42.6 Å². The summed E-state index contributed by atoms with van der Waals surface area (Å²) in [7, 11) is -3.67. The summed E-state index contributed by atoms with van der Waals surface area (Å²) in [4.78, 5) is 30.1. The van der Waals surface area contributed by atoms with E-state index in [9.17, 15) is 18.0 Å². The molecule has 1 saturated heterocycles. The molecular formula is C24H25N3O4S2. The number of aromatic nitrogens is 1. The van der Waals surface area contributed by atoms with Crippen LogP contribution in [0.3, 0.4) is 0 Å². The average Bonchev–Trinajstić information content (AvgIpc) is 3.04. The predicted octanol–water partition coefficient (Wildman–Crippen LogP) is 4.83. The molecule has 1 N–H and O–H groups in total. The van der Waals surface area contributed by atoms with Gasteiger partial charge in [0.25, 0.3) is 5.91 Å². The van der Waals surface area contributed by atoms with Gasteiger partial charge in [0.05, 0.1) is 15.5 Å². The molecule has 7 nitrogen and oxygen atoms in total. The number of nitrogens with zero attached hydrogens (tertiary/aromatic N) is 2. The van der Waals surface area contributed by atoms with Crippen LogP contribution < -0.4 is 5.32 Å². The van der Waals surface area contributed by atoms with Gasteiger partial charge in [-0.05, 0) is 31.0 Å². The van der Waals surface area contributed by atoms with Crippen molar-refractivity contribution in [3.05, 3.63) is 65.0 Å². The highest BCUT2D eigenvalue weighted by Gasteiger charge is 2.26. The van der Waals surface area contributed by atoms with Gasteiger partial charge < -0.3 is 0 Å². The molecule has 1 amide bonds. The number of hydrogen-bond acceptors (Lipinski definition) is 6. The van der Waals surface area contributed by atoms with Crippen molar-refractivity contribution >= 4 is 38.2 Å². The molecule has 1 aliphatic rings. The summed E-state index contributed by atoms with van der Waals surface area (Å²) in [6.07, 6.45) is 3.72. The molecule has 3 aromatic rings. The lowest BCUT2D eigenvalue weighted by Gasteiger charge is -2.20.